The van der Waals surface area contributed by atoms with E-state index in [1.165, 1.54) is 0 Å². The molecule has 4 heterocycles. The average Bonchev–Trinajstić information content (AvgIpc) is 3.12. The van der Waals surface area contributed by atoms with E-state index in [2.05, 4.69) is 14.8 Å². The Morgan fingerprint density at radius 3 is 2.70 bits per heavy atom. The monoisotopic (exact) mass is 276 g/mol. The van der Waals surface area contributed by atoms with Gasteiger partial charge in [-0.3, -0.25) is 4.79 Å². The summed E-state index contributed by atoms with van der Waals surface area (Å²) in [7, 11) is 0. The third kappa shape index (κ3) is 1.63. The van der Waals surface area contributed by atoms with Crippen molar-refractivity contribution in [3.8, 4) is 0 Å². The zero-order chi connectivity index (χ0) is 13.7. The van der Waals surface area contributed by atoms with E-state index in [1.807, 2.05) is 11.8 Å². The number of hydrogen-bond acceptors (Lipinski definition) is 4. The van der Waals surface area contributed by atoms with Crippen LogP contribution >= 0.6 is 0 Å². The van der Waals surface area contributed by atoms with E-state index in [0.29, 0.717) is 5.92 Å². The maximum absolute atomic E-state index is 12.5. The Balaban J connectivity index is 1.76. The van der Waals surface area contributed by atoms with Gasteiger partial charge in [0.25, 0.3) is 0 Å². The van der Waals surface area contributed by atoms with Gasteiger partial charge in [0.05, 0.1) is 6.04 Å². The molecule has 0 aromatic carbocycles. The Morgan fingerprint density at radius 1 is 1.15 bits per heavy atom. The molecule has 0 radical (unpaired) electrons. The van der Waals surface area contributed by atoms with E-state index >= 15 is 0 Å². The van der Waals surface area contributed by atoms with Crippen LogP contribution in [0.4, 0.5) is 0 Å². The molecule has 2 atom stereocenters. The summed E-state index contributed by atoms with van der Waals surface area (Å²) in [6, 6.07) is -0.00742. The number of amides is 1. The number of rotatable bonds is 1. The van der Waals surface area contributed by atoms with Crippen molar-refractivity contribution < 1.29 is 9.53 Å². The fourth-order valence-corrected chi connectivity index (χ4v) is 3.82. The molecule has 0 spiro atoms. The number of ether oxygens (including phenoxy) is 1. The summed E-state index contributed by atoms with van der Waals surface area (Å²) >= 11 is 0. The van der Waals surface area contributed by atoms with Crippen LogP contribution in [0, 0.1) is 0 Å². The molecule has 1 aromatic rings. The quantitative estimate of drug-likeness (QED) is 0.778. The highest BCUT2D eigenvalue weighted by Crippen LogP contribution is 2.40. The molecule has 2 saturated heterocycles. The minimum absolute atomic E-state index is 0.153. The summed E-state index contributed by atoms with van der Waals surface area (Å²) in [5, 5.41) is 8.88. The molecule has 0 bridgehead atoms. The first-order chi connectivity index (χ1) is 9.77. The van der Waals surface area contributed by atoms with Crippen LogP contribution in [0.2, 0.25) is 0 Å². The Bertz CT molecular complexity index is 535. The molecule has 0 saturated carbocycles. The van der Waals surface area contributed by atoms with Crippen molar-refractivity contribution in [1.82, 2.24) is 19.7 Å². The normalized spacial score (nSPS) is 30.4. The molecule has 0 N–H and O–H groups in total. The van der Waals surface area contributed by atoms with Gasteiger partial charge >= 0.3 is 0 Å². The van der Waals surface area contributed by atoms with Crippen LogP contribution < -0.4 is 0 Å². The lowest BCUT2D eigenvalue weighted by atomic mass is 9.98. The van der Waals surface area contributed by atoms with Crippen molar-refractivity contribution in [2.24, 2.45) is 0 Å². The lowest BCUT2D eigenvalue weighted by molar-refractivity contribution is -0.137. The van der Waals surface area contributed by atoms with Crippen molar-refractivity contribution in [1.29, 1.82) is 0 Å². The van der Waals surface area contributed by atoms with Crippen molar-refractivity contribution >= 4 is 5.91 Å². The van der Waals surface area contributed by atoms with Crippen LogP contribution in [0.5, 0.6) is 0 Å². The fourth-order valence-electron chi connectivity index (χ4n) is 3.82. The molecular formula is C14H20N4O2. The number of aromatic nitrogens is 3. The van der Waals surface area contributed by atoms with E-state index in [0.717, 1.165) is 57.1 Å². The van der Waals surface area contributed by atoms with Gasteiger partial charge in [0.2, 0.25) is 5.91 Å². The number of fused-ring (bicyclic) bond motifs is 3. The van der Waals surface area contributed by atoms with Crippen molar-refractivity contribution in [2.45, 2.75) is 50.6 Å². The Kier molecular flexibility index (Phi) is 2.80. The first kappa shape index (κ1) is 12.3. The van der Waals surface area contributed by atoms with E-state index in [-0.39, 0.29) is 18.0 Å². The van der Waals surface area contributed by atoms with E-state index < -0.39 is 0 Å². The average molecular weight is 276 g/mol. The highest BCUT2D eigenvalue weighted by atomic mass is 16.5. The van der Waals surface area contributed by atoms with Gasteiger partial charge in [0.1, 0.15) is 11.9 Å². The molecule has 3 aliphatic rings. The third-order valence-electron chi connectivity index (χ3n) is 4.91. The number of hydrogen-bond donors (Lipinski definition) is 0. The van der Waals surface area contributed by atoms with Crippen LogP contribution in [-0.2, 0) is 9.53 Å². The maximum Gasteiger partial charge on any atom is 0.246 e. The fraction of sp³-hybridized carbons (Fsp3) is 0.786. The van der Waals surface area contributed by atoms with Gasteiger partial charge in [-0.25, -0.2) is 0 Å². The standard InChI is InChI=1S/C14H20N4O2/c1-9-14(19)17-6-2-3-11(17)13-16-15-12(18(9)13)10-4-7-20-8-5-10/h9-11H,2-8H2,1H3/t9-,11-/m0/s1. The first-order valence-corrected chi connectivity index (χ1v) is 7.60. The molecule has 0 unspecified atom stereocenters. The summed E-state index contributed by atoms with van der Waals surface area (Å²) in [6.45, 7) is 4.41. The molecule has 20 heavy (non-hydrogen) atoms. The predicted molar refractivity (Wildman–Crippen MR) is 71.2 cm³/mol. The molecule has 1 aromatic heterocycles. The first-order valence-electron chi connectivity index (χ1n) is 7.60. The summed E-state index contributed by atoms with van der Waals surface area (Å²) in [6.07, 6.45) is 4.05. The van der Waals surface area contributed by atoms with Crippen molar-refractivity contribution in [3.05, 3.63) is 11.6 Å². The van der Waals surface area contributed by atoms with Crippen molar-refractivity contribution in [2.75, 3.05) is 19.8 Å². The smallest absolute Gasteiger partial charge is 0.246 e. The van der Waals surface area contributed by atoms with E-state index in [9.17, 15) is 4.79 Å². The van der Waals surface area contributed by atoms with E-state index in [4.69, 9.17) is 4.74 Å². The zero-order valence-corrected chi connectivity index (χ0v) is 11.8. The minimum atomic E-state index is -0.160. The number of carbonyl (C=O) groups excluding carboxylic acids is 1. The largest absolute Gasteiger partial charge is 0.381 e. The molecular weight excluding hydrogens is 256 g/mol. The maximum atomic E-state index is 12.5. The van der Waals surface area contributed by atoms with Crippen LogP contribution in [0.15, 0.2) is 0 Å². The lowest BCUT2D eigenvalue weighted by Gasteiger charge is -2.35. The highest BCUT2D eigenvalue weighted by molar-refractivity contribution is 5.82. The van der Waals surface area contributed by atoms with Crippen molar-refractivity contribution in [3.63, 3.8) is 0 Å². The van der Waals surface area contributed by atoms with Gasteiger partial charge in [0, 0.05) is 25.7 Å². The van der Waals surface area contributed by atoms with Gasteiger partial charge in [-0.1, -0.05) is 0 Å². The van der Waals surface area contributed by atoms with Gasteiger partial charge in [-0.15, -0.1) is 10.2 Å². The van der Waals surface area contributed by atoms with Crippen LogP contribution in [-0.4, -0.2) is 45.3 Å². The Morgan fingerprint density at radius 2 is 1.90 bits per heavy atom. The summed E-state index contributed by atoms with van der Waals surface area (Å²) in [4.78, 5) is 14.5. The molecule has 108 valence electrons. The third-order valence-corrected chi connectivity index (χ3v) is 4.91. The van der Waals surface area contributed by atoms with Gasteiger partial charge in [0.15, 0.2) is 5.82 Å². The van der Waals surface area contributed by atoms with Gasteiger partial charge in [-0.2, -0.15) is 0 Å². The molecule has 2 fully saturated rings. The van der Waals surface area contributed by atoms with Crippen LogP contribution in [0.3, 0.4) is 0 Å². The summed E-state index contributed by atoms with van der Waals surface area (Å²) in [5.41, 5.74) is 0. The molecule has 4 rings (SSSR count). The lowest BCUT2D eigenvalue weighted by Crippen LogP contribution is -2.42. The molecule has 6 nitrogen and oxygen atoms in total. The van der Waals surface area contributed by atoms with Gasteiger partial charge in [-0.05, 0) is 32.6 Å². The predicted octanol–water partition coefficient (Wildman–Crippen LogP) is 1.41. The van der Waals surface area contributed by atoms with Gasteiger partial charge < -0.3 is 14.2 Å². The molecule has 6 heteroatoms. The van der Waals surface area contributed by atoms with E-state index in [1.54, 1.807) is 0 Å². The molecule has 3 aliphatic heterocycles. The van der Waals surface area contributed by atoms with Crippen LogP contribution in [0.25, 0.3) is 0 Å². The van der Waals surface area contributed by atoms with Crippen LogP contribution in [0.1, 0.15) is 62.3 Å². The minimum Gasteiger partial charge on any atom is -0.381 e. The second kappa shape index (κ2) is 4.55. The Hall–Kier alpha value is -1.43. The topological polar surface area (TPSA) is 60.3 Å². The summed E-state index contributed by atoms with van der Waals surface area (Å²) < 4.78 is 7.54. The number of nitrogens with zero attached hydrogens (tertiary/aromatic N) is 4. The highest BCUT2D eigenvalue weighted by Gasteiger charge is 2.43. The summed E-state index contributed by atoms with van der Waals surface area (Å²) in [5.74, 6) is 2.60. The second-order valence-electron chi connectivity index (χ2n) is 6.04. The number of carbonyl (C=O) groups is 1. The Labute approximate surface area is 118 Å². The molecule has 1 amide bonds. The zero-order valence-electron chi connectivity index (χ0n) is 11.8. The molecule has 0 aliphatic carbocycles. The second-order valence-corrected chi connectivity index (χ2v) is 6.04. The SMILES string of the molecule is C[C@H]1C(=O)N2CCC[C@H]2c2nnc(C3CCOCC3)n21.